The summed E-state index contributed by atoms with van der Waals surface area (Å²) < 4.78 is 0. The minimum atomic E-state index is -0.556. The van der Waals surface area contributed by atoms with Crippen LogP contribution in [0.5, 0.6) is 0 Å². The van der Waals surface area contributed by atoms with E-state index in [0.29, 0.717) is 11.3 Å². The Kier molecular flexibility index (Phi) is 1.79. The van der Waals surface area contributed by atoms with E-state index in [9.17, 15) is 4.79 Å². The normalized spacial score (nSPS) is 50.7. The van der Waals surface area contributed by atoms with Gasteiger partial charge in [0.25, 0.3) is 0 Å². The van der Waals surface area contributed by atoms with E-state index in [1.165, 1.54) is 19.3 Å². The van der Waals surface area contributed by atoms with E-state index >= 15 is 0 Å². The predicted octanol–water partition coefficient (Wildman–Crippen LogP) is 2.78. The molecule has 1 N–H and O–H groups in total. The lowest BCUT2D eigenvalue weighted by atomic mass is 9.45. The van der Waals surface area contributed by atoms with Gasteiger partial charge in [0.05, 0.1) is 5.92 Å². The van der Waals surface area contributed by atoms with Crippen molar-refractivity contribution in [3.63, 3.8) is 0 Å². The van der Waals surface area contributed by atoms with Gasteiger partial charge in [0, 0.05) is 0 Å². The van der Waals surface area contributed by atoms with Gasteiger partial charge in [-0.25, -0.2) is 0 Å². The second-order valence-electron chi connectivity index (χ2n) is 6.45. The molecule has 15 heavy (non-hydrogen) atoms. The van der Waals surface area contributed by atoms with E-state index in [2.05, 4.69) is 13.8 Å². The summed E-state index contributed by atoms with van der Waals surface area (Å²) in [7, 11) is 0. The van der Waals surface area contributed by atoms with Crippen LogP contribution in [0.4, 0.5) is 0 Å². The molecule has 2 heteroatoms. The van der Waals surface area contributed by atoms with E-state index in [1.54, 1.807) is 0 Å². The largest absolute Gasteiger partial charge is 0.481 e. The monoisotopic (exact) mass is 208 g/mol. The Bertz CT molecular complexity index is 306. The Labute approximate surface area is 91.1 Å². The predicted molar refractivity (Wildman–Crippen MR) is 57.3 cm³/mol. The molecule has 4 aliphatic rings. The highest BCUT2D eigenvalue weighted by Crippen LogP contribution is 2.66. The van der Waals surface area contributed by atoms with E-state index in [1.807, 2.05) is 0 Å². The average Bonchev–Trinajstić information content (AvgIpc) is 2.97. The highest BCUT2D eigenvalue weighted by Gasteiger charge is 2.60. The maximum absolute atomic E-state index is 10.9. The van der Waals surface area contributed by atoms with Crippen LogP contribution in [0, 0.1) is 35.0 Å². The summed E-state index contributed by atoms with van der Waals surface area (Å²) in [5.74, 6) is 2.45. The molecule has 0 spiro atoms. The molecule has 0 aromatic carbocycles. The van der Waals surface area contributed by atoms with Gasteiger partial charge in [0.1, 0.15) is 0 Å². The summed E-state index contributed by atoms with van der Waals surface area (Å²) in [6.45, 7) is 4.77. The SMILES string of the molecule is CC1(C)C2CCC([C@@H]3C[C@H]3C(=O)O)C1C2. The maximum atomic E-state index is 10.9. The molecule has 4 rings (SSSR count). The molecule has 2 nitrogen and oxygen atoms in total. The molecule has 0 amide bonds. The van der Waals surface area contributed by atoms with Crippen LogP contribution >= 0.6 is 0 Å². The number of carbonyl (C=O) groups is 1. The number of carboxylic acid groups (broad SMARTS) is 1. The third-order valence-corrected chi connectivity index (χ3v) is 5.62. The lowest BCUT2D eigenvalue weighted by Gasteiger charge is -2.60. The number of carboxylic acids is 1. The summed E-state index contributed by atoms with van der Waals surface area (Å²) in [5.41, 5.74) is 0.508. The van der Waals surface area contributed by atoms with Gasteiger partial charge in [0.15, 0.2) is 0 Å². The van der Waals surface area contributed by atoms with Crippen LogP contribution in [0.15, 0.2) is 0 Å². The second kappa shape index (κ2) is 2.78. The van der Waals surface area contributed by atoms with Crippen molar-refractivity contribution in [3.8, 4) is 0 Å². The standard InChI is InChI=1S/C13H20O2/c1-13(2)7-3-4-8(11(13)5-7)9-6-10(9)12(14)15/h7-11H,3-6H2,1-2H3,(H,14,15)/t7?,8?,9-,10+,11?/m0/s1. The molecule has 4 aliphatic carbocycles. The van der Waals surface area contributed by atoms with Gasteiger partial charge in [-0.1, -0.05) is 13.8 Å². The fourth-order valence-electron chi connectivity index (χ4n) is 4.35. The molecule has 4 fully saturated rings. The molecule has 5 atom stereocenters. The van der Waals surface area contributed by atoms with Crippen molar-refractivity contribution < 1.29 is 9.90 Å². The number of fused-ring (bicyclic) bond motifs is 2. The van der Waals surface area contributed by atoms with Gasteiger partial charge < -0.3 is 5.11 Å². The van der Waals surface area contributed by atoms with Crippen LogP contribution in [-0.2, 0) is 4.79 Å². The van der Waals surface area contributed by atoms with Gasteiger partial charge in [0.2, 0.25) is 0 Å². The fraction of sp³-hybridized carbons (Fsp3) is 0.923. The molecule has 2 bridgehead atoms. The highest BCUT2D eigenvalue weighted by atomic mass is 16.4. The van der Waals surface area contributed by atoms with Crippen LogP contribution in [0.3, 0.4) is 0 Å². The minimum Gasteiger partial charge on any atom is -0.481 e. The van der Waals surface area contributed by atoms with Crippen molar-refractivity contribution in [2.45, 2.75) is 39.5 Å². The molecule has 0 heterocycles. The van der Waals surface area contributed by atoms with Crippen molar-refractivity contribution in [3.05, 3.63) is 0 Å². The Morgan fingerprint density at radius 1 is 1.20 bits per heavy atom. The smallest absolute Gasteiger partial charge is 0.306 e. The number of rotatable bonds is 2. The van der Waals surface area contributed by atoms with Crippen molar-refractivity contribution in [1.82, 2.24) is 0 Å². The van der Waals surface area contributed by atoms with Crippen LogP contribution < -0.4 is 0 Å². The molecular formula is C13H20O2. The minimum absolute atomic E-state index is 0.00273. The second-order valence-corrected chi connectivity index (χ2v) is 6.45. The molecule has 84 valence electrons. The zero-order chi connectivity index (χ0) is 10.8. The van der Waals surface area contributed by atoms with Gasteiger partial charge in [-0.15, -0.1) is 0 Å². The molecule has 0 aromatic rings. The third kappa shape index (κ3) is 1.20. The number of aliphatic carboxylic acids is 1. The van der Waals surface area contributed by atoms with Crippen LogP contribution in [0.1, 0.15) is 39.5 Å². The lowest BCUT2D eigenvalue weighted by molar-refractivity contribution is -0.141. The van der Waals surface area contributed by atoms with Crippen molar-refractivity contribution in [1.29, 1.82) is 0 Å². The van der Waals surface area contributed by atoms with Crippen LogP contribution in [-0.4, -0.2) is 11.1 Å². The van der Waals surface area contributed by atoms with E-state index in [-0.39, 0.29) is 5.92 Å². The lowest BCUT2D eigenvalue weighted by Crippen LogP contribution is -2.53. The first-order valence-corrected chi connectivity index (χ1v) is 6.24. The summed E-state index contributed by atoms with van der Waals surface area (Å²) in [5, 5.41) is 8.98. The quantitative estimate of drug-likeness (QED) is 0.757. The summed E-state index contributed by atoms with van der Waals surface area (Å²) in [6.07, 6.45) is 4.97. The number of hydrogen-bond donors (Lipinski definition) is 1. The molecule has 4 saturated carbocycles. The Morgan fingerprint density at radius 3 is 2.40 bits per heavy atom. The van der Waals surface area contributed by atoms with Crippen molar-refractivity contribution >= 4 is 5.97 Å². The summed E-state index contributed by atoms with van der Waals surface area (Å²) in [4.78, 5) is 10.9. The fourth-order valence-corrected chi connectivity index (χ4v) is 4.35. The average molecular weight is 208 g/mol. The van der Waals surface area contributed by atoms with Gasteiger partial charge in [-0.05, 0) is 54.8 Å². The topological polar surface area (TPSA) is 37.3 Å². The number of hydrogen-bond acceptors (Lipinski definition) is 1. The molecular weight excluding hydrogens is 188 g/mol. The Morgan fingerprint density at radius 2 is 1.93 bits per heavy atom. The van der Waals surface area contributed by atoms with E-state index in [4.69, 9.17) is 5.11 Å². The van der Waals surface area contributed by atoms with Crippen molar-refractivity contribution in [2.75, 3.05) is 0 Å². The van der Waals surface area contributed by atoms with Gasteiger partial charge in [-0.3, -0.25) is 4.79 Å². The third-order valence-electron chi connectivity index (χ3n) is 5.62. The zero-order valence-corrected chi connectivity index (χ0v) is 9.57. The maximum Gasteiger partial charge on any atom is 0.306 e. The Hall–Kier alpha value is -0.530. The molecule has 0 saturated heterocycles. The summed E-state index contributed by atoms with van der Waals surface area (Å²) >= 11 is 0. The zero-order valence-electron chi connectivity index (χ0n) is 9.57. The Balaban J connectivity index is 1.71. The first kappa shape index (κ1) is 9.68. The summed E-state index contributed by atoms with van der Waals surface area (Å²) in [6, 6.07) is 0. The van der Waals surface area contributed by atoms with Crippen LogP contribution in [0.25, 0.3) is 0 Å². The highest BCUT2D eigenvalue weighted by molar-refractivity contribution is 5.73. The van der Waals surface area contributed by atoms with Gasteiger partial charge >= 0.3 is 5.97 Å². The van der Waals surface area contributed by atoms with Crippen molar-refractivity contribution in [2.24, 2.45) is 35.0 Å². The first-order valence-electron chi connectivity index (χ1n) is 6.24. The van der Waals surface area contributed by atoms with E-state index in [0.717, 1.165) is 24.2 Å². The van der Waals surface area contributed by atoms with E-state index < -0.39 is 5.97 Å². The molecule has 0 aromatic heterocycles. The van der Waals surface area contributed by atoms with Crippen LogP contribution in [0.2, 0.25) is 0 Å². The first-order chi connectivity index (χ1) is 7.01. The van der Waals surface area contributed by atoms with Gasteiger partial charge in [-0.2, -0.15) is 0 Å². The molecule has 0 aliphatic heterocycles. The molecule has 3 unspecified atom stereocenters. The molecule has 0 radical (unpaired) electrons.